The summed E-state index contributed by atoms with van der Waals surface area (Å²) in [6, 6.07) is 11.3. The minimum atomic E-state index is -3.87. The van der Waals surface area contributed by atoms with Crippen LogP contribution in [0.3, 0.4) is 0 Å². The van der Waals surface area contributed by atoms with Crippen LogP contribution < -0.4 is 4.31 Å². The average Bonchev–Trinajstić information content (AvgIpc) is 2.70. The average molecular weight is 372 g/mol. The molecule has 0 bridgehead atoms. The Morgan fingerprint density at radius 3 is 2.65 bits per heavy atom. The van der Waals surface area contributed by atoms with E-state index in [4.69, 9.17) is 23.2 Å². The molecule has 0 saturated carbocycles. The molecule has 1 heterocycles. The number of sulfonamides is 1. The van der Waals surface area contributed by atoms with Gasteiger partial charge in [-0.1, -0.05) is 41.4 Å². The third kappa shape index (κ3) is 3.06. The molecule has 0 saturated heterocycles. The van der Waals surface area contributed by atoms with Gasteiger partial charge in [-0.25, -0.2) is 8.42 Å². The second kappa shape index (κ2) is 6.32. The molecular weight excluding hydrogens is 357 g/mol. The van der Waals surface area contributed by atoms with Crippen molar-refractivity contribution in [1.82, 2.24) is 0 Å². The largest absolute Gasteiger partial charge is 0.388 e. The summed E-state index contributed by atoms with van der Waals surface area (Å²) in [5.41, 5.74) is 1.08. The number of anilines is 1. The number of aliphatic hydroxyl groups is 1. The third-order valence-electron chi connectivity index (χ3n) is 3.86. The van der Waals surface area contributed by atoms with Gasteiger partial charge in [0, 0.05) is 17.1 Å². The van der Waals surface area contributed by atoms with Gasteiger partial charge in [-0.2, -0.15) is 0 Å². The van der Waals surface area contributed by atoms with Crippen molar-refractivity contribution < 1.29 is 13.5 Å². The van der Waals surface area contributed by atoms with Crippen LogP contribution in [0.25, 0.3) is 0 Å². The Morgan fingerprint density at radius 1 is 1.13 bits per heavy atom. The fraction of sp³-hybridized carbons (Fsp3) is 0.250. The fourth-order valence-corrected chi connectivity index (χ4v) is 5.01. The Bertz CT molecular complexity index is 839. The summed E-state index contributed by atoms with van der Waals surface area (Å²) in [4.78, 5) is -0.0298. The van der Waals surface area contributed by atoms with Crippen molar-refractivity contribution in [3.8, 4) is 0 Å². The maximum Gasteiger partial charge on any atom is 0.265 e. The van der Waals surface area contributed by atoms with E-state index in [1.54, 1.807) is 30.3 Å². The lowest BCUT2D eigenvalue weighted by atomic mass is 10.1. The molecule has 0 amide bonds. The van der Waals surface area contributed by atoms with Gasteiger partial charge in [0.25, 0.3) is 10.0 Å². The van der Waals surface area contributed by atoms with E-state index in [-0.39, 0.29) is 16.5 Å². The molecule has 122 valence electrons. The number of benzene rings is 2. The van der Waals surface area contributed by atoms with E-state index >= 15 is 0 Å². The molecule has 23 heavy (non-hydrogen) atoms. The van der Waals surface area contributed by atoms with Gasteiger partial charge >= 0.3 is 0 Å². The SMILES string of the molecule is O=S(=O)(c1cc(Cl)ccc1Cl)N1CCCC(O)c2ccccc21. The standard InChI is InChI=1S/C16H15Cl2NO3S/c17-11-7-8-13(18)16(10-11)23(21,22)19-9-3-6-15(20)12-4-1-2-5-14(12)19/h1-2,4-5,7-8,10,15,20H,3,6,9H2. The molecular formula is C16H15Cl2NO3S. The number of nitrogens with zero attached hydrogens (tertiary/aromatic N) is 1. The molecule has 2 aromatic rings. The van der Waals surface area contributed by atoms with Gasteiger partial charge in [0.2, 0.25) is 0 Å². The molecule has 1 aliphatic rings. The van der Waals surface area contributed by atoms with E-state index in [0.717, 1.165) is 0 Å². The molecule has 3 rings (SSSR count). The second-order valence-corrected chi connectivity index (χ2v) is 8.04. The number of aliphatic hydroxyl groups excluding tert-OH is 1. The maximum absolute atomic E-state index is 13.1. The predicted molar refractivity (Wildman–Crippen MR) is 91.6 cm³/mol. The Hall–Kier alpha value is -1.27. The quantitative estimate of drug-likeness (QED) is 0.867. The normalized spacial score (nSPS) is 18.4. The van der Waals surface area contributed by atoms with Crippen molar-refractivity contribution in [1.29, 1.82) is 0 Å². The van der Waals surface area contributed by atoms with E-state index in [1.807, 2.05) is 0 Å². The van der Waals surface area contributed by atoms with Crippen LogP contribution in [0.4, 0.5) is 5.69 Å². The minimum absolute atomic E-state index is 0.0298. The molecule has 1 unspecified atom stereocenters. The molecule has 1 N–H and O–H groups in total. The molecule has 0 fully saturated rings. The smallest absolute Gasteiger partial charge is 0.265 e. The highest BCUT2D eigenvalue weighted by molar-refractivity contribution is 7.93. The first-order valence-electron chi connectivity index (χ1n) is 7.16. The van der Waals surface area contributed by atoms with Crippen molar-refractivity contribution in [2.75, 3.05) is 10.8 Å². The zero-order valence-corrected chi connectivity index (χ0v) is 14.4. The molecule has 0 aliphatic carbocycles. The lowest BCUT2D eigenvalue weighted by Crippen LogP contribution is -2.32. The minimum Gasteiger partial charge on any atom is -0.388 e. The summed E-state index contributed by atoms with van der Waals surface area (Å²) >= 11 is 12.0. The molecule has 0 radical (unpaired) electrons. The van der Waals surface area contributed by atoms with Crippen LogP contribution in [0, 0.1) is 0 Å². The summed E-state index contributed by atoms with van der Waals surface area (Å²) < 4.78 is 27.5. The molecule has 0 spiro atoms. The molecule has 4 nitrogen and oxygen atoms in total. The van der Waals surface area contributed by atoms with Gasteiger partial charge < -0.3 is 5.11 Å². The van der Waals surface area contributed by atoms with Crippen LogP contribution in [0.2, 0.25) is 10.0 Å². The number of halogens is 2. The molecule has 0 aromatic heterocycles. The van der Waals surface area contributed by atoms with Crippen LogP contribution in [0.5, 0.6) is 0 Å². The first kappa shape index (κ1) is 16.6. The Morgan fingerprint density at radius 2 is 1.87 bits per heavy atom. The highest BCUT2D eigenvalue weighted by Crippen LogP contribution is 2.37. The number of hydrogen-bond acceptors (Lipinski definition) is 3. The summed E-state index contributed by atoms with van der Waals surface area (Å²) in [6.45, 7) is 0.277. The molecule has 2 aromatic carbocycles. The van der Waals surface area contributed by atoms with Crippen LogP contribution in [-0.2, 0) is 10.0 Å². The van der Waals surface area contributed by atoms with E-state index in [9.17, 15) is 13.5 Å². The molecule has 1 aliphatic heterocycles. The highest BCUT2D eigenvalue weighted by atomic mass is 35.5. The monoisotopic (exact) mass is 371 g/mol. The number of fused-ring (bicyclic) bond motifs is 1. The third-order valence-corrected chi connectivity index (χ3v) is 6.39. The van der Waals surface area contributed by atoms with Crippen LogP contribution in [0.15, 0.2) is 47.4 Å². The Labute approximate surface area is 145 Å². The van der Waals surface area contributed by atoms with Gasteiger partial charge in [0.1, 0.15) is 4.90 Å². The van der Waals surface area contributed by atoms with Gasteiger partial charge in [0.15, 0.2) is 0 Å². The highest BCUT2D eigenvalue weighted by Gasteiger charge is 2.31. The second-order valence-electron chi connectivity index (χ2n) is 5.37. The summed E-state index contributed by atoms with van der Waals surface area (Å²) in [5, 5.41) is 10.6. The summed E-state index contributed by atoms with van der Waals surface area (Å²) in [5.74, 6) is 0. The van der Waals surface area contributed by atoms with Crippen LogP contribution in [-0.4, -0.2) is 20.1 Å². The van der Waals surface area contributed by atoms with E-state index in [1.165, 1.54) is 16.4 Å². The Kier molecular flexibility index (Phi) is 4.56. The fourth-order valence-electron chi connectivity index (χ4n) is 2.74. The van der Waals surface area contributed by atoms with Gasteiger partial charge in [-0.05, 0) is 37.1 Å². The van der Waals surface area contributed by atoms with Crippen LogP contribution >= 0.6 is 23.2 Å². The molecule has 1 atom stereocenters. The van der Waals surface area contributed by atoms with Gasteiger partial charge in [0.05, 0.1) is 16.8 Å². The summed E-state index contributed by atoms with van der Waals surface area (Å²) in [7, 11) is -3.87. The summed E-state index contributed by atoms with van der Waals surface area (Å²) in [6.07, 6.45) is 0.376. The zero-order valence-electron chi connectivity index (χ0n) is 12.1. The molecule has 7 heteroatoms. The lowest BCUT2D eigenvalue weighted by Gasteiger charge is -2.25. The van der Waals surface area contributed by atoms with E-state index < -0.39 is 16.1 Å². The van der Waals surface area contributed by atoms with Crippen molar-refractivity contribution in [2.45, 2.75) is 23.8 Å². The van der Waals surface area contributed by atoms with Crippen molar-refractivity contribution in [2.24, 2.45) is 0 Å². The van der Waals surface area contributed by atoms with Crippen LogP contribution in [0.1, 0.15) is 24.5 Å². The van der Waals surface area contributed by atoms with Gasteiger partial charge in [-0.3, -0.25) is 4.31 Å². The predicted octanol–water partition coefficient (Wildman–Crippen LogP) is 4.02. The van der Waals surface area contributed by atoms with E-state index in [0.29, 0.717) is 29.1 Å². The van der Waals surface area contributed by atoms with Crippen molar-refractivity contribution in [3.05, 3.63) is 58.1 Å². The lowest BCUT2D eigenvalue weighted by molar-refractivity contribution is 0.168. The zero-order chi connectivity index (χ0) is 16.6. The Balaban J connectivity index is 2.16. The van der Waals surface area contributed by atoms with Crippen molar-refractivity contribution >= 4 is 38.9 Å². The maximum atomic E-state index is 13.1. The first-order chi connectivity index (χ1) is 10.9. The first-order valence-corrected chi connectivity index (χ1v) is 9.35. The number of rotatable bonds is 2. The number of para-hydroxylation sites is 1. The topological polar surface area (TPSA) is 57.6 Å². The van der Waals surface area contributed by atoms with Crippen molar-refractivity contribution in [3.63, 3.8) is 0 Å². The number of hydrogen-bond donors (Lipinski definition) is 1. The van der Waals surface area contributed by atoms with E-state index in [2.05, 4.69) is 0 Å². The van der Waals surface area contributed by atoms with Gasteiger partial charge in [-0.15, -0.1) is 0 Å².